The summed E-state index contributed by atoms with van der Waals surface area (Å²) in [7, 11) is 1.64. The highest BCUT2D eigenvalue weighted by atomic mass is 16.5. The fourth-order valence-corrected chi connectivity index (χ4v) is 1.92. The van der Waals surface area contributed by atoms with Gasteiger partial charge in [0.2, 0.25) is 0 Å². The second-order valence-corrected chi connectivity index (χ2v) is 5.11. The Morgan fingerprint density at radius 3 is 2.21 bits per heavy atom. The molecule has 0 bridgehead atoms. The fourth-order valence-electron chi connectivity index (χ4n) is 1.92. The molecule has 0 saturated heterocycles. The number of hydrogen-bond acceptors (Lipinski definition) is 2. The minimum absolute atomic E-state index is 0.439. The topological polar surface area (TPSA) is 21.6 Å². The third kappa shape index (κ3) is 4.54. The van der Waals surface area contributed by atoms with Crippen molar-refractivity contribution in [1.82, 2.24) is 0 Å². The summed E-state index contributed by atoms with van der Waals surface area (Å²) >= 11 is 0. The van der Waals surface area contributed by atoms with E-state index in [1.807, 2.05) is 0 Å². The van der Waals surface area contributed by atoms with Crippen molar-refractivity contribution in [2.45, 2.75) is 39.5 Å². The van der Waals surface area contributed by atoms with Gasteiger partial charge in [0.15, 0.2) is 0 Å². The van der Waals surface area contributed by atoms with Crippen LogP contribution in [0.4, 0.5) is 5.69 Å². The van der Waals surface area contributed by atoms with Gasteiger partial charge >= 0.3 is 0 Å². The van der Waals surface area contributed by atoms with Crippen molar-refractivity contribution in [3.63, 3.8) is 0 Å². The van der Waals surface area contributed by atoms with E-state index in [0.29, 0.717) is 18.4 Å². The van der Waals surface area contributed by atoms with E-state index in [9.17, 15) is 0 Å². The molecule has 1 rings (SSSR count). The Bertz CT molecular complexity index is 463. The summed E-state index contributed by atoms with van der Waals surface area (Å²) in [4.78, 5) is 4.57. The molecule has 0 aromatic heterocycles. The Hall–Kier alpha value is -1.59. The number of benzene rings is 1. The average Bonchev–Trinajstić information content (AvgIpc) is 2.38. The van der Waals surface area contributed by atoms with Crippen LogP contribution in [0.25, 0.3) is 0 Å². The molecule has 0 aliphatic carbocycles. The molecular weight excluding hydrogens is 234 g/mol. The highest BCUT2D eigenvalue weighted by Gasteiger charge is 2.12. The van der Waals surface area contributed by atoms with Gasteiger partial charge in [0, 0.05) is 7.11 Å². The SMILES string of the molecule is COCC#CC=Nc1c(C(C)C)cccc1C(C)C. The molecule has 2 heteroatoms. The minimum atomic E-state index is 0.439. The Morgan fingerprint density at radius 1 is 1.16 bits per heavy atom. The Morgan fingerprint density at radius 2 is 1.74 bits per heavy atom. The number of hydrogen-bond donors (Lipinski definition) is 0. The lowest BCUT2D eigenvalue weighted by atomic mass is 9.93. The van der Waals surface area contributed by atoms with Crippen LogP contribution in [0.15, 0.2) is 23.2 Å². The predicted molar refractivity (Wildman–Crippen MR) is 82.4 cm³/mol. The summed E-state index contributed by atoms with van der Waals surface area (Å²) in [6.45, 7) is 9.20. The predicted octanol–water partition coefficient (Wildman–Crippen LogP) is 4.29. The van der Waals surface area contributed by atoms with Crippen LogP contribution in [0.3, 0.4) is 0 Å². The fraction of sp³-hybridized carbons (Fsp3) is 0.471. The molecule has 0 amide bonds. The van der Waals surface area contributed by atoms with Crippen LogP contribution in [-0.2, 0) is 4.74 Å². The smallest absolute Gasteiger partial charge is 0.107 e. The Balaban J connectivity index is 3.12. The summed E-state index contributed by atoms with van der Waals surface area (Å²) in [6, 6.07) is 6.40. The minimum Gasteiger partial charge on any atom is -0.372 e. The number of aliphatic imine (C=N–C) groups is 1. The van der Waals surface area contributed by atoms with Crippen molar-refractivity contribution in [1.29, 1.82) is 0 Å². The standard InChI is InChI=1S/C17H23NO/c1-13(2)15-9-8-10-16(14(3)4)17(15)18-11-6-7-12-19-5/h8-11,13-14H,12H2,1-5H3. The summed E-state index contributed by atoms with van der Waals surface area (Å²) in [5, 5.41) is 0. The molecule has 0 fully saturated rings. The molecule has 102 valence electrons. The van der Waals surface area contributed by atoms with E-state index in [-0.39, 0.29) is 0 Å². The molecular formula is C17H23NO. The summed E-state index contributed by atoms with van der Waals surface area (Å²) < 4.78 is 4.88. The number of rotatable bonds is 4. The van der Waals surface area contributed by atoms with Gasteiger partial charge in [-0.15, -0.1) is 0 Å². The molecule has 0 atom stereocenters. The third-order valence-electron chi connectivity index (χ3n) is 2.92. The van der Waals surface area contributed by atoms with Gasteiger partial charge in [-0.2, -0.15) is 0 Å². The van der Waals surface area contributed by atoms with Gasteiger partial charge in [-0.05, 0) is 23.0 Å². The van der Waals surface area contributed by atoms with Crippen LogP contribution >= 0.6 is 0 Å². The van der Waals surface area contributed by atoms with E-state index >= 15 is 0 Å². The molecule has 1 aromatic rings. The monoisotopic (exact) mass is 257 g/mol. The quantitative estimate of drug-likeness (QED) is 0.582. The maximum atomic E-state index is 4.88. The number of methoxy groups -OCH3 is 1. The van der Waals surface area contributed by atoms with Crippen molar-refractivity contribution < 1.29 is 4.74 Å². The largest absolute Gasteiger partial charge is 0.372 e. The zero-order chi connectivity index (χ0) is 14.3. The second kappa shape index (κ2) is 7.76. The molecule has 0 unspecified atom stereocenters. The summed E-state index contributed by atoms with van der Waals surface area (Å²) in [6.07, 6.45) is 1.67. The Kier molecular flexibility index (Phi) is 6.32. The van der Waals surface area contributed by atoms with Crippen LogP contribution < -0.4 is 0 Å². The van der Waals surface area contributed by atoms with Crippen molar-refractivity contribution in [3.8, 4) is 11.8 Å². The van der Waals surface area contributed by atoms with E-state index in [1.54, 1.807) is 13.3 Å². The van der Waals surface area contributed by atoms with Crippen molar-refractivity contribution in [2.75, 3.05) is 13.7 Å². The van der Waals surface area contributed by atoms with Crippen LogP contribution in [0.5, 0.6) is 0 Å². The van der Waals surface area contributed by atoms with Gasteiger partial charge in [0.05, 0.1) is 11.9 Å². The number of ether oxygens (including phenoxy) is 1. The zero-order valence-electron chi connectivity index (χ0n) is 12.5. The van der Waals surface area contributed by atoms with Crippen LogP contribution in [-0.4, -0.2) is 19.9 Å². The van der Waals surface area contributed by atoms with Crippen molar-refractivity contribution in [3.05, 3.63) is 29.3 Å². The number of para-hydroxylation sites is 1. The van der Waals surface area contributed by atoms with Crippen molar-refractivity contribution in [2.24, 2.45) is 4.99 Å². The van der Waals surface area contributed by atoms with Gasteiger partial charge < -0.3 is 4.74 Å². The van der Waals surface area contributed by atoms with E-state index in [0.717, 1.165) is 5.69 Å². The molecule has 0 saturated carbocycles. The van der Waals surface area contributed by atoms with E-state index in [1.165, 1.54) is 11.1 Å². The first-order valence-corrected chi connectivity index (χ1v) is 6.70. The van der Waals surface area contributed by atoms with Gasteiger partial charge in [0.25, 0.3) is 0 Å². The molecule has 0 aliphatic rings. The molecule has 2 nitrogen and oxygen atoms in total. The lowest BCUT2D eigenvalue weighted by molar-refractivity contribution is 0.240. The first-order chi connectivity index (χ1) is 9.07. The van der Waals surface area contributed by atoms with Crippen molar-refractivity contribution >= 4 is 11.9 Å². The first-order valence-electron chi connectivity index (χ1n) is 6.70. The molecule has 0 N–H and O–H groups in total. The molecule has 0 spiro atoms. The van der Waals surface area contributed by atoms with Gasteiger partial charge in [-0.1, -0.05) is 57.7 Å². The maximum Gasteiger partial charge on any atom is 0.107 e. The highest BCUT2D eigenvalue weighted by molar-refractivity contribution is 5.82. The molecule has 19 heavy (non-hydrogen) atoms. The van der Waals surface area contributed by atoms with Crippen LogP contribution in [0.1, 0.15) is 50.7 Å². The summed E-state index contributed by atoms with van der Waals surface area (Å²) in [5.41, 5.74) is 3.62. The average molecular weight is 257 g/mol. The third-order valence-corrected chi connectivity index (χ3v) is 2.92. The Labute approximate surface area is 116 Å². The van der Waals surface area contributed by atoms with E-state index in [2.05, 4.69) is 62.7 Å². The molecule has 0 heterocycles. The molecule has 0 radical (unpaired) electrons. The number of nitrogens with zero attached hydrogens (tertiary/aromatic N) is 1. The van der Waals surface area contributed by atoms with E-state index in [4.69, 9.17) is 4.74 Å². The lowest BCUT2D eigenvalue weighted by Gasteiger charge is -2.15. The molecule has 0 aliphatic heterocycles. The zero-order valence-corrected chi connectivity index (χ0v) is 12.5. The molecule has 1 aromatic carbocycles. The summed E-state index contributed by atoms with van der Waals surface area (Å²) in [5.74, 6) is 6.69. The van der Waals surface area contributed by atoms with Crippen LogP contribution in [0, 0.1) is 11.8 Å². The van der Waals surface area contributed by atoms with E-state index < -0.39 is 0 Å². The second-order valence-electron chi connectivity index (χ2n) is 5.11. The van der Waals surface area contributed by atoms with Gasteiger partial charge in [0.1, 0.15) is 6.61 Å². The highest BCUT2D eigenvalue weighted by Crippen LogP contribution is 2.34. The normalized spacial score (nSPS) is 11.1. The van der Waals surface area contributed by atoms with Gasteiger partial charge in [-0.3, -0.25) is 0 Å². The first kappa shape index (κ1) is 15.5. The van der Waals surface area contributed by atoms with Crippen LogP contribution in [0.2, 0.25) is 0 Å². The maximum absolute atomic E-state index is 4.88. The lowest BCUT2D eigenvalue weighted by Crippen LogP contribution is -1.95. The van der Waals surface area contributed by atoms with Gasteiger partial charge in [-0.25, -0.2) is 4.99 Å².